The fourth-order valence-electron chi connectivity index (χ4n) is 0.843. The quantitative estimate of drug-likeness (QED) is 0.610. The van der Waals surface area contributed by atoms with Crippen LogP contribution in [0.3, 0.4) is 0 Å². The second-order valence-electron chi connectivity index (χ2n) is 3.29. The highest BCUT2D eigenvalue weighted by Crippen LogP contribution is 1.88. The molecule has 0 aliphatic rings. The van der Waals surface area contributed by atoms with Gasteiger partial charge in [-0.05, 0) is 27.6 Å². The molecule has 0 bridgehead atoms. The molecule has 0 aromatic rings. The van der Waals surface area contributed by atoms with E-state index in [1.54, 1.807) is 0 Å². The number of hydrogen-bond acceptors (Lipinski definition) is 3. The second kappa shape index (κ2) is 7.53. The first-order valence-corrected chi connectivity index (χ1v) is 4.63. The van der Waals surface area contributed by atoms with E-state index in [0.29, 0.717) is 6.10 Å². The summed E-state index contributed by atoms with van der Waals surface area (Å²) < 4.78 is 5.55. The summed E-state index contributed by atoms with van der Waals surface area (Å²) in [7, 11) is 4.11. The Morgan fingerprint density at radius 3 is 2.58 bits per heavy atom. The first kappa shape index (κ1) is 11.9. The van der Waals surface area contributed by atoms with Crippen molar-refractivity contribution in [1.82, 2.24) is 10.2 Å². The van der Waals surface area contributed by atoms with Crippen molar-refractivity contribution in [1.29, 1.82) is 0 Å². The van der Waals surface area contributed by atoms with Crippen LogP contribution < -0.4 is 5.32 Å². The van der Waals surface area contributed by atoms with Crippen LogP contribution in [-0.2, 0) is 4.74 Å². The molecule has 0 saturated carbocycles. The van der Waals surface area contributed by atoms with Crippen LogP contribution in [0.4, 0.5) is 0 Å². The Labute approximate surface area is 76.1 Å². The van der Waals surface area contributed by atoms with Crippen molar-refractivity contribution in [3.05, 3.63) is 0 Å². The lowest BCUT2D eigenvalue weighted by Crippen LogP contribution is -2.29. The molecule has 12 heavy (non-hydrogen) atoms. The molecule has 74 valence electrons. The third-order valence-corrected chi connectivity index (χ3v) is 1.62. The normalized spacial score (nSPS) is 13.8. The minimum atomic E-state index is 0.324. The molecule has 1 N–H and O–H groups in total. The number of likely N-dealkylation sites (N-methyl/N-ethyl adjacent to an activating group) is 2. The summed E-state index contributed by atoms with van der Waals surface area (Å²) in [4.78, 5) is 2.12. The molecule has 3 nitrogen and oxygen atoms in total. The highest BCUT2D eigenvalue weighted by Gasteiger charge is 1.99. The van der Waals surface area contributed by atoms with Crippen molar-refractivity contribution in [2.24, 2.45) is 0 Å². The van der Waals surface area contributed by atoms with Gasteiger partial charge in [0.05, 0.1) is 12.7 Å². The van der Waals surface area contributed by atoms with E-state index in [1.807, 2.05) is 0 Å². The van der Waals surface area contributed by atoms with Gasteiger partial charge in [0, 0.05) is 13.1 Å². The Morgan fingerprint density at radius 2 is 2.08 bits per heavy atom. The van der Waals surface area contributed by atoms with E-state index < -0.39 is 0 Å². The van der Waals surface area contributed by atoms with Gasteiger partial charge < -0.3 is 15.0 Å². The lowest BCUT2D eigenvalue weighted by Gasteiger charge is -2.15. The zero-order chi connectivity index (χ0) is 9.40. The van der Waals surface area contributed by atoms with E-state index >= 15 is 0 Å². The smallest absolute Gasteiger partial charge is 0.0672 e. The maximum absolute atomic E-state index is 5.55. The van der Waals surface area contributed by atoms with E-state index in [4.69, 9.17) is 4.74 Å². The lowest BCUT2D eigenvalue weighted by molar-refractivity contribution is 0.0564. The minimum Gasteiger partial charge on any atom is -0.376 e. The van der Waals surface area contributed by atoms with Crippen molar-refractivity contribution >= 4 is 0 Å². The summed E-state index contributed by atoms with van der Waals surface area (Å²) in [6.45, 7) is 7.98. The van der Waals surface area contributed by atoms with Gasteiger partial charge in [-0.3, -0.25) is 0 Å². The van der Waals surface area contributed by atoms with Crippen LogP contribution in [0.5, 0.6) is 0 Å². The van der Waals surface area contributed by atoms with Gasteiger partial charge in [-0.1, -0.05) is 6.92 Å². The van der Waals surface area contributed by atoms with Crippen LogP contribution >= 0.6 is 0 Å². The van der Waals surface area contributed by atoms with E-state index in [0.717, 1.165) is 26.2 Å². The molecule has 0 aliphatic heterocycles. The van der Waals surface area contributed by atoms with Gasteiger partial charge in [0.15, 0.2) is 0 Å². The Hall–Kier alpha value is -0.120. The monoisotopic (exact) mass is 174 g/mol. The number of nitrogens with zero attached hydrogens (tertiary/aromatic N) is 1. The standard InChI is InChI=1S/C9H22N2O/c1-5-10-8-9(2)12-7-6-11(3)4/h9-10H,5-8H2,1-4H3. The first-order valence-electron chi connectivity index (χ1n) is 4.63. The molecule has 0 aliphatic carbocycles. The fraction of sp³-hybridized carbons (Fsp3) is 1.00. The van der Waals surface area contributed by atoms with Gasteiger partial charge in [-0.15, -0.1) is 0 Å². The molecule has 0 radical (unpaired) electrons. The average Bonchev–Trinajstić information content (AvgIpc) is 2.00. The lowest BCUT2D eigenvalue weighted by atomic mass is 10.4. The van der Waals surface area contributed by atoms with Crippen LogP contribution in [0.1, 0.15) is 13.8 Å². The van der Waals surface area contributed by atoms with E-state index in [9.17, 15) is 0 Å². The molecule has 1 unspecified atom stereocenters. The van der Waals surface area contributed by atoms with Crippen molar-refractivity contribution in [3.63, 3.8) is 0 Å². The summed E-state index contributed by atoms with van der Waals surface area (Å²) in [6.07, 6.45) is 0.324. The van der Waals surface area contributed by atoms with Crippen LogP contribution in [-0.4, -0.2) is 51.3 Å². The summed E-state index contributed by atoms with van der Waals surface area (Å²) in [5.41, 5.74) is 0. The Bertz CT molecular complexity index is 96.5. The SMILES string of the molecule is CCNCC(C)OCCN(C)C. The predicted molar refractivity (Wildman–Crippen MR) is 52.5 cm³/mol. The van der Waals surface area contributed by atoms with Gasteiger partial charge in [0.1, 0.15) is 0 Å². The maximum Gasteiger partial charge on any atom is 0.0672 e. The second-order valence-corrected chi connectivity index (χ2v) is 3.29. The largest absolute Gasteiger partial charge is 0.376 e. The Balaban J connectivity index is 3.13. The van der Waals surface area contributed by atoms with E-state index in [2.05, 4.69) is 38.2 Å². The van der Waals surface area contributed by atoms with Gasteiger partial charge in [-0.25, -0.2) is 0 Å². The zero-order valence-electron chi connectivity index (χ0n) is 8.76. The third-order valence-electron chi connectivity index (χ3n) is 1.62. The van der Waals surface area contributed by atoms with Crippen LogP contribution in [0.25, 0.3) is 0 Å². The van der Waals surface area contributed by atoms with Crippen molar-refractivity contribution in [2.45, 2.75) is 20.0 Å². The molecular weight excluding hydrogens is 152 g/mol. The predicted octanol–water partition coefficient (Wildman–Crippen LogP) is 0.563. The Kier molecular flexibility index (Phi) is 7.45. The van der Waals surface area contributed by atoms with Gasteiger partial charge in [0.2, 0.25) is 0 Å². The molecule has 0 spiro atoms. The van der Waals surface area contributed by atoms with Crippen molar-refractivity contribution in [2.75, 3.05) is 40.3 Å². The fourth-order valence-corrected chi connectivity index (χ4v) is 0.843. The van der Waals surface area contributed by atoms with E-state index in [1.165, 1.54) is 0 Å². The minimum absolute atomic E-state index is 0.324. The first-order chi connectivity index (χ1) is 5.66. The molecule has 1 atom stereocenters. The highest BCUT2D eigenvalue weighted by molar-refractivity contribution is 4.54. The van der Waals surface area contributed by atoms with Gasteiger partial charge >= 0.3 is 0 Å². The summed E-state index contributed by atoms with van der Waals surface area (Å²) in [5.74, 6) is 0. The molecule has 3 heteroatoms. The summed E-state index contributed by atoms with van der Waals surface area (Å²) in [6, 6.07) is 0. The number of ether oxygens (including phenoxy) is 1. The highest BCUT2D eigenvalue weighted by atomic mass is 16.5. The Morgan fingerprint density at radius 1 is 1.42 bits per heavy atom. The topological polar surface area (TPSA) is 24.5 Å². The molecule has 0 saturated heterocycles. The summed E-state index contributed by atoms with van der Waals surface area (Å²) >= 11 is 0. The zero-order valence-corrected chi connectivity index (χ0v) is 8.76. The van der Waals surface area contributed by atoms with Gasteiger partial charge in [0.25, 0.3) is 0 Å². The molecule has 0 rings (SSSR count). The van der Waals surface area contributed by atoms with Crippen LogP contribution in [0.2, 0.25) is 0 Å². The van der Waals surface area contributed by atoms with Crippen molar-refractivity contribution in [3.8, 4) is 0 Å². The average molecular weight is 174 g/mol. The molecule has 0 aromatic heterocycles. The van der Waals surface area contributed by atoms with Crippen LogP contribution in [0, 0.1) is 0 Å². The van der Waals surface area contributed by atoms with Crippen molar-refractivity contribution < 1.29 is 4.74 Å². The molecule has 0 heterocycles. The molecular formula is C9H22N2O. The molecule has 0 aromatic carbocycles. The maximum atomic E-state index is 5.55. The van der Waals surface area contributed by atoms with Gasteiger partial charge in [-0.2, -0.15) is 0 Å². The molecule has 0 fully saturated rings. The number of hydrogen-bond donors (Lipinski definition) is 1. The third kappa shape index (κ3) is 7.98. The summed E-state index contributed by atoms with van der Waals surface area (Å²) in [5, 5.41) is 3.25. The number of rotatable bonds is 7. The molecule has 0 amide bonds. The number of nitrogens with one attached hydrogen (secondary N) is 1. The van der Waals surface area contributed by atoms with Crippen LogP contribution in [0.15, 0.2) is 0 Å². The van der Waals surface area contributed by atoms with E-state index in [-0.39, 0.29) is 0 Å².